The molecule has 1 aromatic rings. The zero-order valence-corrected chi connectivity index (χ0v) is 9.76. The minimum atomic E-state index is -0.293. The molecule has 16 heavy (non-hydrogen) atoms. The molecule has 4 N–H and O–H groups in total. The Balaban J connectivity index is 2.83. The third-order valence-electron chi connectivity index (χ3n) is 2.66. The van der Waals surface area contributed by atoms with Crippen LogP contribution in [0.2, 0.25) is 0 Å². The van der Waals surface area contributed by atoms with Crippen molar-refractivity contribution in [2.75, 3.05) is 17.7 Å². The maximum Gasteiger partial charge on any atom is 0.128 e. The predicted octanol–water partition coefficient (Wildman–Crippen LogP) is 2.29. The van der Waals surface area contributed by atoms with Crippen molar-refractivity contribution in [3.63, 3.8) is 0 Å². The van der Waals surface area contributed by atoms with Crippen molar-refractivity contribution in [3.8, 4) is 0 Å². The van der Waals surface area contributed by atoms with Crippen LogP contribution in [-0.4, -0.2) is 17.8 Å². The number of hydrogen-bond donors (Lipinski definition) is 3. The third-order valence-corrected chi connectivity index (χ3v) is 2.66. The Morgan fingerprint density at radius 3 is 2.75 bits per heavy atom. The molecule has 0 saturated carbocycles. The molecule has 1 atom stereocenters. The van der Waals surface area contributed by atoms with E-state index < -0.39 is 0 Å². The molecule has 0 aromatic heterocycles. The van der Waals surface area contributed by atoms with E-state index in [1.165, 1.54) is 6.07 Å². The van der Waals surface area contributed by atoms with Crippen molar-refractivity contribution in [2.24, 2.45) is 0 Å². The smallest absolute Gasteiger partial charge is 0.128 e. The molecule has 0 radical (unpaired) electrons. The van der Waals surface area contributed by atoms with Crippen molar-refractivity contribution in [1.29, 1.82) is 0 Å². The second kappa shape index (κ2) is 5.70. The average molecular weight is 226 g/mol. The normalized spacial score (nSPS) is 12.5. The Bertz CT molecular complexity index is 355. The van der Waals surface area contributed by atoms with Crippen LogP contribution in [0.1, 0.15) is 25.3 Å². The summed E-state index contributed by atoms with van der Waals surface area (Å²) in [5, 5.41) is 12.1. The number of nitrogen functional groups attached to an aromatic ring is 1. The van der Waals surface area contributed by atoms with E-state index in [1.54, 1.807) is 13.0 Å². The van der Waals surface area contributed by atoms with Crippen LogP contribution in [0.15, 0.2) is 12.1 Å². The van der Waals surface area contributed by atoms with E-state index in [4.69, 9.17) is 10.8 Å². The molecule has 1 aromatic carbocycles. The molecule has 0 aliphatic carbocycles. The van der Waals surface area contributed by atoms with Gasteiger partial charge in [0.15, 0.2) is 0 Å². The zero-order valence-electron chi connectivity index (χ0n) is 9.76. The lowest BCUT2D eigenvalue weighted by Crippen LogP contribution is -2.20. The maximum atomic E-state index is 13.2. The van der Waals surface area contributed by atoms with E-state index in [-0.39, 0.29) is 18.5 Å². The minimum Gasteiger partial charge on any atom is -0.397 e. The lowest BCUT2D eigenvalue weighted by molar-refractivity contribution is 0.278. The van der Waals surface area contributed by atoms with E-state index in [0.29, 0.717) is 17.7 Å². The number of nitrogens with one attached hydrogen (secondary N) is 1. The Morgan fingerprint density at radius 2 is 2.19 bits per heavy atom. The second-order valence-corrected chi connectivity index (χ2v) is 3.95. The first-order chi connectivity index (χ1) is 7.58. The van der Waals surface area contributed by atoms with Gasteiger partial charge in [-0.15, -0.1) is 0 Å². The van der Waals surface area contributed by atoms with Gasteiger partial charge in [0.1, 0.15) is 5.82 Å². The van der Waals surface area contributed by atoms with Crippen molar-refractivity contribution in [2.45, 2.75) is 32.7 Å². The molecule has 3 nitrogen and oxygen atoms in total. The van der Waals surface area contributed by atoms with Crippen LogP contribution in [0.25, 0.3) is 0 Å². The number of benzene rings is 1. The summed E-state index contributed by atoms with van der Waals surface area (Å²) in [6, 6.07) is 3.19. The van der Waals surface area contributed by atoms with Gasteiger partial charge in [-0.2, -0.15) is 0 Å². The van der Waals surface area contributed by atoms with Crippen molar-refractivity contribution >= 4 is 11.4 Å². The molecule has 0 saturated heterocycles. The molecule has 0 aliphatic rings. The highest BCUT2D eigenvalue weighted by Crippen LogP contribution is 2.24. The lowest BCUT2D eigenvalue weighted by atomic mass is 10.1. The van der Waals surface area contributed by atoms with E-state index in [1.807, 2.05) is 6.92 Å². The molecule has 1 unspecified atom stereocenters. The van der Waals surface area contributed by atoms with Gasteiger partial charge in [0.2, 0.25) is 0 Å². The number of rotatable bonds is 5. The largest absolute Gasteiger partial charge is 0.397 e. The Labute approximate surface area is 95.5 Å². The first-order valence-electron chi connectivity index (χ1n) is 5.51. The summed E-state index contributed by atoms with van der Waals surface area (Å²) in [5.41, 5.74) is 7.43. The number of aliphatic hydroxyl groups is 1. The van der Waals surface area contributed by atoms with Gasteiger partial charge in [0, 0.05) is 12.6 Å². The SMILES string of the molecule is CCC(CCO)Nc1cc(C)c(F)cc1N. The van der Waals surface area contributed by atoms with Gasteiger partial charge in [-0.3, -0.25) is 0 Å². The highest BCUT2D eigenvalue weighted by atomic mass is 19.1. The highest BCUT2D eigenvalue weighted by Gasteiger charge is 2.09. The summed E-state index contributed by atoms with van der Waals surface area (Å²) < 4.78 is 13.2. The number of aryl methyl sites for hydroxylation is 1. The molecule has 1 rings (SSSR count). The fourth-order valence-corrected chi connectivity index (χ4v) is 1.58. The Hall–Kier alpha value is -1.29. The van der Waals surface area contributed by atoms with Crippen LogP contribution in [-0.2, 0) is 0 Å². The van der Waals surface area contributed by atoms with Gasteiger partial charge >= 0.3 is 0 Å². The standard InChI is InChI=1S/C12H19FN2O/c1-3-9(4-5-16)15-12-6-8(2)10(13)7-11(12)14/h6-7,9,15-16H,3-5,14H2,1-2H3. The summed E-state index contributed by atoms with van der Waals surface area (Å²) >= 11 is 0. The van der Waals surface area contributed by atoms with Crippen molar-refractivity contribution in [1.82, 2.24) is 0 Å². The number of nitrogens with two attached hydrogens (primary N) is 1. The summed E-state index contributed by atoms with van der Waals surface area (Å²) in [5.74, 6) is -0.293. The number of halogens is 1. The van der Waals surface area contributed by atoms with Crippen molar-refractivity contribution < 1.29 is 9.50 Å². The quantitative estimate of drug-likeness (QED) is 0.675. The average Bonchev–Trinajstić information content (AvgIpc) is 2.25. The van der Waals surface area contributed by atoms with Crippen LogP contribution in [0, 0.1) is 12.7 Å². The molecule has 0 fully saturated rings. The molecular formula is C12H19FN2O. The second-order valence-electron chi connectivity index (χ2n) is 3.95. The van der Waals surface area contributed by atoms with Crippen LogP contribution < -0.4 is 11.1 Å². The summed E-state index contributed by atoms with van der Waals surface area (Å²) in [4.78, 5) is 0. The lowest BCUT2D eigenvalue weighted by Gasteiger charge is -2.19. The first kappa shape index (κ1) is 12.8. The molecule has 0 amide bonds. The van der Waals surface area contributed by atoms with E-state index >= 15 is 0 Å². The molecular weight excluding hydrogens is 207 g/mol. The first-order valence-corrected chi connectivity index (χ1v) is 5.51. The van der Waals surface area contributed by atoms with Gasteiger partial charge < -0.3 is 16.2 Å². The monoisotopic (exact) mass is 226 g/mol. The van der Waals surface area contributed by atoms with Gasteiger partial charge in [-0.05, 0) is 37.5 Å². The molecule has 0 aliphatic heterocycles. The summed E-state index contributed by atoms with van der Waals surface area (Å²) in [6.07, 6.45) is 1.54. The van der Waals surface area contributed by atoms with Gasteiger partial charge in [-0.1, -0.05) is 6.92 Å². The minimum absolute atomic E-state index is 0.131. The zero-order chi connectivity index (χ0) is 12.1. The van der Waals surface area contributed by atoms with E-state index in [2.05, 4.69) is 5.32 Å². The van der Waals surface area contributed by atoms with E-state index in [9.17, 15) is 4.39 Å². The van der Waals surface area contributed by atoms with Crippen LogP contribution in [0.5, 0.6) is 0 Å². The molecule has 4 heteroatoms. The van der Waals surface area contributed by atoms with Gasteiger partial charge in [0.05, 0.1) is 11.4 Å². The van der Waals surface area contributed by atoms with Crippen LogP contribution in [0.3, 0.4) is 0 Å². The fraction of sp³-hybridized carbons (Fsp3) is 0.500. The molecule has 0 spiro atoms. The predicted molar refractivity (Wildman–Crippen MR) is 65.0 cm³/mol. The molecule has 0 bridgehead atoms. The number of aliphatic hydroxyl groups excluding tert-OH is 1. The third kappa shape index (κ3) is 3.10. The highest BCUT2D eigenvalue weighted by molar-refractivity contribution is 5.67. The Morgan fingerprint density at radius 1 is 1.50 bits per heavy atom. The number of anilines is 2. The summed E-state index contributed by atoms with van der Waals surface area (Å²) in [7, 11) is 0. The number of hydrogen-bond acceptors (Lipinski definition) is 3. The topological polar surface area (TPSA) is 58.3 Å². The van der Waals surface area contributed by atoms with Crippen molar-refractivity contribution in [3.05, 3.63) is 23.5 Å². The van der Waals surface area contributed by atoms with Crippen LogP contribution >= 0.6 is 0 Å². The van der Waals surface area contributed by atoms with Crippen LogP contribution in [0.4, 0.5) is 15.8 Å². The molecule has 90 valence electrons. The summed E-state index contributed by atoms with van der Waals surface area (Å²) in [6.45, 7) is 3.86. The van der Waals surface area contributed by atoms with Gasteiger partial charge in [-0.25, -0.2) is 4.39 Å². The molecule has 0 heterocycles. The fourth-order valence-electron chi connectivity index (χ4n) is 1.58. The van der Waals surface area contributed by atoms with Gasteiger partial charge in [0.25, 0.3) is 0 Å². The van der Waals surface area contributed by atoms with E-state index in [0.717, 1.165) is 12.1 Å². The Kier molecular flexibility index (Phi) is 4.55. The maximum absolute atomic E-state index is 13.2.